The molecule has 3 heteroatoms. The summed E-state index contributed by atoms with van der Waals surface area (Å²) in [6.45, 7) is 0. The van der Waals surface area contributed by atoms with Crippen LogP contribution in [-0.2, 0) is 19.3 Å². The molecule has 0 atom stereocenters. The molecule has 0 saturated heterocycles. The average molecular weight is 394 g/mol. The van der Waals surface area contributed by atoms with Crippen LogP contribution in [0.5, 0.6) is 17.2 Å². The Hall–Kier alpha value is -3.72. The molecule has 3 nitrogen and oxygen atoms in total. The summed E-state index contributed by atoms with van der Waals surface area (Å²) in [5.41, 5.74) is 7.42. The van der Waals surface area contributed by atoms with E-state index in [1.54, 1.807) is 0 Å². The highest BCUT2D eigenvalue weighted by molar-refractivity contribution is 5.89. The van der Waals surface area contributed by atoms with Crippen molar-refractivity contribution in [3.05, 3.63) is 101 Å². The van der Waals surface area contributed by atoms with Crippen LogP contribution in [0.3, 0.4) is 0 Å². The van der Waals surface area contributed by atoms with Gasteiger partial charge in [-0.1, -0.05) is 72.8 Å². The van der Waals surface area contributed by atoms with E-state index in [1.165, 1.54) is 17.2 Å². The van der Waals surface area contributed by atoms with Crippen molar-refractivity contribution in [1.29, 1.82) is 0 Å². The van der Waals surface area contributed by atoms with E-state index in [4.69, 9.17) is 0 Å². The molecule has 148 valence electrons. The highest BCUT2D eigenvalue weighted by atomic mass is 16.3. The SMILES string of the molecule is Oc1cc(O)c(-c2cccc3c2Cc2ccccc2-3)c(O)c1CCc1ccccc1. The number of fused-ring (bicyclic) bond motifs is 3. The van der Waals surface area contributed by atoms with Crippen LogP contribution in [0.15, 0.2) is 78.9 Å². The van der Waals surface area contributed by atoms with Crippen molar-refractivity contribution >= 4 is 0 Å². The number of phenols is 3. The first-order valence-corrected chi connectivity index (χ1v) is 10.1. The number of hydrogen-bond donors (Lipinski definition) is 3. The summed E-state index contributed by atoms with van der Waals surface area (Å²) in [5.74, 6) is -0.244. The Labute approximate surface area is 175 Å². The number of phenolic OH excluding ortho intramolecular Hbond substituents is 3. The Morgan fingerprint density at radius 1 is 0.633 bits per heavy atom. The predicted octanol–water partition coefficient (Wildman–Crippen LogP) is 5.83. The standard InChI is InChI=1S/C27H22O3/c28-24-16-25(29)26(27(30)22(24)14-13-17-7-2-1-3-8-17)21-12-6-11-20-19-10-5-4-9-18(19)15-23(20)21/h1-12,16,28-30H,13-15H2. The zero-order chi connectivity index (χ0) is 20.7. The lowest BCUT2D eigenvalue weighted by Crippen LogP contribution is -1.96. The minimum absolute atomic E-state index is 0.0483. The fourth-order valence-corrected chi connectivity index (χ4v) is 4.50. The molecule has 1 aliphatic rings. The van der Waals surface area contributed by atoms with E-state index >= 15 is 0 Å². The topological polar surface area (TPSA) is 60.7 Å². The second-order valence-corrected chi connectivity index (χ2v) is 7.77. The van der Waals surface area contributed by atoms with E-state index in [0.717, 1.165) is 28.7 Å². The molecular formula is C27H22O3. The number of rotatable bonds is 4. The van der Waals surface area contributed by atoms with Gasteiger partial charge in [0.1, 0.15) is 17.2 Å². The summed E-state index contributed by atoms with van der Waals surface area (Å²) in [7, 11) is 0. The van der Waals surface area contributed by atoms with Crippen LogP contribution in [0.25, 0.3) is 22.3 Å². The van der Waals surface area contributed by atoms with Crippen molar-refractivity contribution in [1.82, 2.24) is 0 Å². The van der Waals surface area contributed by atoms with Gasteiger partial charge in [-0.2, -0.15) is 0 Å². The van der Waals surface area contributed by atoms with E-state index < -0.39 is 0 Å². The molecule has 5 rings (SSSR count). The Balaban J connectivity index is 1.59. The first-order valence-electron chi connectivity index (χ1n) is 10.1. The van der Waals surface area contributed by atoms with Gasteiger partial charge in [0.15, 0.2) is 0 Å². The van der Waals surface area contributed by atoms with Gasteiger partial charge in [-0.15, -0.1) is 0 Å². The third-order valence-corrected chi connectivity index (χ3v) is 5.99. The quantitative estimate of drug-likeness (QED) is 0.360. The molecular weight excluding hydrogens is 372 g/mol. The van der Waals surface area contributed by atoms with Crippen LogP contribution in [-0.4, -0.2) is 15.3 Å². The molecule has 0 spiro atoms. The molecule has 0 aromatic heterocycles. The van der Waals surface area contributed by atoms with Crippen LogP contribution in [0.2, 0.25) is 0 Å². The van der Waals surface area contributed by atoms with Gasteiger partial charge in [-0.25, -0.2) is 0 Å². The number of hydrogen-bond acceptors (Lipinski definition) is 3. The van der Waals surface area contributed by atoms with Crippen molar-refractivity contribution in [3.63, 3.8) is 0 Å². The van der Waals surface area contributed by atoms with Gasteiger partial charge in [0.25, 0.3) is 0 Å². The van der Waals surface area contributed by atoms with Crippen molar-refractivity contribution in [2.45, 2.75) is 19.3 Å². The minimum atomic E-state index is -0.113. The van der Waals surface area contributed by atoms with Crippen LogP contribution in [0.1, 0.15) is 22.3 Å². The Morgan fingerprint density at radius 3 is 2.17 bits per heavy atom. The maximum Gasteiger partial charge on any atom is 0.134 e. The van der Waals surface area contributed by atoms with Gasteiger partial charge in [0, 0.05) is 11.6 Å². The monoisotopic (exact) mass is 394 g/mol. The van der Waals surface area contributed by atoms with Gasteiger partial charge in [0.2, 0.25) is 0 Å². The molecule has 0 amide bonds. The first kappa shape index (κ1) is 18.3. The Bertz CT molecular complexity index is 1240. The molecule has 0 radical (unpaired) electrons. The summed E-state index contributed by atoms with van der Waals surface area (Å²) in [5, 5.41) is 32.2. The highest BCUT2D eigenvalue weighted by Crippen LogP contribution is 2.49. The van der Waals surface area contributed by atoms with Gasteiger partial charge < -0.3 is 15.3 Å². The fourth-order valence-electron chi connectivity index (χ4n) is 4.50. The van der Waals surface area contributed by atoms with E-state index in [9.17, 15) is 15.3 Å². The van der Waals surface area contributed by atoms with Gasteiger partial charge in [0.05, 0.1) is 5.56 Å². The summed E-state index contributed by atoms with van der Waals surface area (Å²) < 4.78 is 0. The van der Waals surface area contributed by atoms with E-state index in [2.05, 4.69) is 18.2 Å². The molecule has 0 saturated carbocycles. The highest BCUT2D eigenvalue weighted by Gasteiger charge is 2.25. The molecule has 1 aliphatic carbocycles. The average Bonchev–Trinajstić information content (AvgIpc) is 3.14. The van der Waals surface area contributed by atoms with Crippen LogP contribution in [0.4, 0.5) is 0 Å². The fraction of sp³-hybridized carbons (Fsp3) is 0.111. The summed E-state index contributed by atoms with van der Waals surface area (Å²) >= 11 is 0. The molecule has 0 fully saturated rings. The lowest BCUT2D eigenvalue weighted by Gasteiger charge is -2.16. The van der Waals surface area contributed by atoms with Crippen molar-refractivity contribution in [2.24, 2.45) is 0 Å². The molecule has 0 unspecified atom stereocenters. The zero-order valence-corrected chi connectivity index (χ0v) is 16.5. The summed E-state index contributed by atoms with van der Waals surface area (Å²) in [4.78, 5) is 0. The normalized spacial score (nSPS) is 11.9. The van der Waals surface area contributed by atoms with Crippen molar-refractivity contribution in [2.75, 3.05) is 0 Å². The maximum atomic E-state index is 11.1. The van der Waals surface area contributed by atoms with Gasteiger partial charge in [-0.05, 0) is 52.6 Å². The number of aryl methyl sites for hydroxylation is 1. The third kappa shape index (κ3) is 3.00. The largest absolute Gasteiger partial charge is 0.507 e. The lowest BCUT2D eigenvalue weighted by molar-refractivity contribution is 0.421. The molecule has 0 heterocycles. The minimum Gasteiger partial charge on any atom is -0.507 e. The molecule has 30 heavy (non-hydrogen) atoms. The second-order valence-electron chi connectivity index (χ2n) is 7.77. The van der Waals surface area contributed by atoms with E-state index in [0.29, 0.717) is 24.0 Å². The molecule has 4 aromatic rings. The van der Waals surface area contributed by atoms with Crippen LogP contribution >= 0.6 is 0 Å². The lowest BCUT2D eigenvalue weighted by atomic mass is 9.91. The summed E-state index contributed by atoms with van der Waals surface area (Å²) in [6, 6.07) is 25.5. The third-order valence-electron chi connectivity index (χ3n) is 5.99. The Kier molecular flexibility index (Phi) is 4.44. The van der Waals surface area contributed by atoms with Gasteiger partial charge in [-0.3, -0.25) is 0 Å². The van der Waals surface area contributed by atoms with E-state index in [1.807, 2.05) is 54.6 Å². The van der Waals surface area contributed by atoms with Crippen LogP contribution in [0, 0.1) is 0 Å². The molecule has 0 aliphatic heterocycles. The predicted molar refractivity (Wildman–Crippen MR) is 119 cm³/mol. The molecule has 4 aromatic carbocycles. The number of benzene rings is 4. The molecule has 0 bridgehead atoms. The van der Waals surface area contributed by atoms with Gasteiger partial charge >= 0.3 is 0 Å². The first-order chi connectivity index (χ1) is 14.6. The second kappa shape index (κ2) is 7.27. The Morgan fingerprint density at radius 2 is 1.33 bits per heavy atom. The summed E-state index contributed by atoms with van der Waals surface area (Å²) in [6.07, 6.45) is 1.91. The zero-order valence-electron chi connectivity index (χ0n) is 16.5. The van der Waals surface area contributed by atoms with Crippen molar-refractivity contribution in [3.8, 4) is 39.5 Å². The van der Waals surface area contributed by atoms with E-state index in [-0.39, 0.29) is 17.2 Å². The smallest absolute Gasteiger partial charge is 0.134 e. The van der Waals surface area contributed by atoms with Crippen LogP contribution < -0.4 is 0 Å². The van der Waals surface area contributed by atoms with Crippen molar-refractivity contribution < 1.29 is 15.3 Å². The number of aromatic hydroxyl groups is 3. The maximum absolute atomic E-state index is 11.1. The molecule has 3 N–H and O–H groups in total.